The lowest BCUT2D eigenvalue weighted by atomic mass is 9.97. The number of halogens is 2. The van der Waals surface area contributed by atoms with Crippen LogP contribution < -0.4 is 0 Å². The van der Waals surface area contributed by atoms with E-state index < -0.39 is 11.6 Å². The smallest absolute Gasteiger partial charge is 0.274 e. The predicted molar refractivity (Wildman–Crippen MR) is 67.1 cm³/mol. The van der Waals surface area contributed by atoms with Crippen molar-refractivity contribution in [1.82, 2.24) is 5.06 Å². The van der Waals surface area contributed by atoms with E-state index in [1.165, 1.54) is 21.1 Å². The predicted octanol–water partition coefficient (Wildman–Crippen LogP) is 2.74. The number of nitrogens with zero attached hydrogens (tertiary/aromatic N) is 1. The Morgan fingerprint density at radius 3 is 2.47 bits per heavy atom. The molecule has 1 aromatic carbocycles. The Labute approximate surface area is 109 Å². The number of alkyl halides is 1. The molecule has 0 spiro atoms. The topological polar surface area (TPSA) is 29.5 Å². The van der Waals surface area contributed by atoms with Crippen molar-refractivity contribution in [2.24, 2.45) is 0 Å². The molecule has 0 aromatic heterocycles. The van der Waals surface area contributed by atoms with E-state index >= 15 is 0 Å². The summed E-state index contributed by atoms with van der Waals surface area (Å²) in [5, 5.41) is 0.902. The molecule has 0 aliphatic heterocycles. The fourth-order valence-corrected chi connectivity index (χ4v) is 1.74. The van der Waals surface area contributed by atoms with Gasteiger partial charge in [-0.3, -0.25) is 9.63 Å². The van der Waals surface area contributed by atoms with E-state index in [1.54, 1.807) is 12.1 Å². The van der Waals surface area contributed by atoms with E-state index in [-0.39, 0.29) is 6.42 Å². The van der Waals surface area contributed by atoms with E-state index in [4.69, 9.17) is 4.84 Å². The molecule has 5 heteroatoms. The lowest BCUT2D eigenvalue weighted by molar-refractivity contribution is -0.180. The Balaban J connectivity index is 2.78. The van der Waals surface area contributed by atoms with Gasteiger partial charge in [0.1, 0.15) is 0 Å². The first-order valence-corrected chi connectivity index (χ1v) is 5.92. The molecule has 0 N–H and O–H groups in total. The van der Waals surface area contributed by atoms with Crippen molar-refractivity contribution in [2.45, 2.75) is 19.0 Å². The van der Waals surface area contributed by atoms with E-state index in [0.29, 0.717) is 0 Å². The van der Waals surface area contributed by atoms with Crippen molar-refractivity contribution < 1.29 is 14.0 Å². The van der Waals surface area contributed by atoms with Gasteiger partial charge in [0.05, 0.1) is 7.11 Å². The highest BCUT2D eigenvalue weighted by molar-refractivity contribution is 9.10. The van der Waals surface area contributed by atoms with Crippen LogP contribution in [0.5, 0.6) is 0 Å². The molecule has 1 unspecified atom stereocenters. The Hall–Kier alpha value is -0.940. The van der Waals surface area contributed by atoms with Crippen LogP contribution in [-0.2, 0) is 16.1 Å². The Bertz CT molecular complexity index is 392. The summed E-state index contributed by atoms with van der Waals surface area (Å²) in [5.41, 5.74) is -1.21. The van der Waals surface area contributed by atoms with Gasteiger partial charge in [0.2, 0.25) is 0 Å². The van der Waals surface area contributed by atoms with Gasteiger partial charge in [-0.15, -0.1) is 0 Å². The number of amides is 1. The summed E-state index contributed by atoms with van der Waals surface area (Å²) in [6, 6.07) is 7.19. The van der Waals surface area contributed by atoms with E-state index in [0.717, 1.165) is 15.1 Å². The third-order valence-electron chi connectivity index (χ3n) is 2.46. The van der Waals surface area contributed by atoms with Crippen LogP contribution in [0.1, 0.15) is 12.5 Å². The zero-order valence-corrected chi connectivity index (χ0v) is 11.6. The van der Waals surface area contributed by atoms with Crippen LogP contribution in [0.25, 0.3) is 0 Å². The third-order valence-corrected chi connectivity index (χ3v) is 2.98. The lowest BCUT2D eigenvalue weighted by Crippen LogP contribution is -2.43. The van der Waals surface area contributed by atoms with Gasteiger partial charge in [-0.05, 0) is 24.6 Å². The number of carbonyl (C=O) groups is 1. The van der Waals surface area contributed by atoms with Crippen molar-refractivity contribution in [1.29, 1.82) is 0 Å². The molecular weight excluding hydrogens is 289 g/mol. The molecule has 0 fully saturated rings. The molecule has 1 aromatic rings. The normalized spacial score (nSPS) is 14.2. The minimum atomic E-state index is -1.97. The summed E-state index contributed by atoms with van der Waals surface area (Å²) in [6.45, 7) is 1.26. The largest absolute Gasteiger partial charge is 0.283 e. The van der Waals surface area contributed by atoms with Gasteiger partial charge < -0.3 is 0 Å². The number of rotatable bonds is 4. The summed E-state index contributed by atoms with van der Waals surface area (Å²) < 4.78 is 15.1. The van der Waals surface area contributed by atoms with Gasteiger partial charge >= 0.3 is 0 Å². The highest BCUT2D eigenvalue weighted by atomic mass is 79.9. The molecule has 94 valence electrons. The monoisotopic (exact) mass is 303 g/mol. The Kier molecular flexibility index (Phi) is 4.65. The van der Waals surface area contributed by atoms with Gasteiger partial charge in [-0.1, -0.05) is 28.1 Å². The highest BCUT2D eigenvalue weighted by Crippen LogP contribution is 2.21. The third kappa shape index (κ3) is 3.78. The SMILES string of the molecule is CON(C)C(=O)C(C)(F)Cc1ccc(Br)cc1. The van der Waals surface area contributed by atoms with E-state index in [2.05, 4.69) is 15.9 Å². The fourth-order valence-electron chi connectivity index (χ4n) is 1.47. The first kappa shape index (κ1) is 14.1. The molecule has 0 heterocycles. The standard InChI is InChI=1S/C12H15BrFNO2/c1-12(14,11(16)15(2)17-3)8-9-4-6-10(13)7-5-9/h4-7H,8H2,1-3H3. The van der Waals surface area contributed by atoms with Crippen molar-refractivity contribution in [3.8, 4) is 0 Å². The molecule has 0 saturated heterocycles. The second kappa shape index (κ2) is 5.60. The van der Waals surface area contributed by atoms with Crippen LogP contribution in [0, 0.1) is 0 Å². The van der Waals surface area contributed by atoms with Crippen molar-refractivity contribution in [3.63, 3.8) is 0 Å². The average Bonchev–Trinajstić information content (AvgIpc) is 2.30. The number of hydrogen-bond acceptors (Lipinski definition) is 2. The first-order chi connectivity index (χ1) is 7.86. The Morgan fingerprint density at radius 1 is 1.47 bits per heavy atom. The van der Waals surface area contributed by atoms with Crippen molar-refractivity contribution >= 4 is 21.8 Å². The van der Waals surface area contributed by atoms with Gasteiger partial charge in [0.15, 0.2) is 5.67 Å². The summed E-state index contributed by atoms with van der Waals surface area (Å²) in [4.78, 5) is 16.4. The molecule has 0 bridgehead atoms. The van der Waals surface area contributed by atoms with Gasteiger partial charge in [0, 0.05) is 17.9 Å². The van der Waals surface area contributed by atoms with Crippen LogP contribution in [-0.4, -0.2) is 30.8 Å². The minimum absolute atomic E-state index is 0.0206. The molecular formula is C12H15BrFNO2. The lowest BCUT2D eigenvalue weighted by Gasteiger charge is -2.24. The van der Waals surface area contributed by atoms with Crippen molar-refractivity contribution in [2.75, 3.05) is 14.2 Å². The molecule has 0 saturated carbocycles. The van der Waals surface area contributed by atoms with Crippen LogP contribution >= 0.6 is 15.9 Å². The maximum absolute atomic E-state index is 14.2. The second-order valence-corrected chi connectivity index (χ2v) is 4.90. The van der Waals surface area contributed by atoms with Gasteiger partial charge in [-0.25, -0.2) is 9.45 Å². The van der Waals surface area contributed by atoms with Crippen LogP contribution in [0.4, 0.5) is 4.39 Å². The number of hydroxylamine groups is 2. The maximum Gasteiger partial charge on any atom is 0.283 e. The zero-order chi connectivity index (χ0) is 13.1. The number of carbonyl (C=O) groups excluding carboxylic acids is 1. The zero-order valence-electron chi connectivity index (χ0n) is 10.0. The summed E-state index contributed by atoms with van der Waals surface area (Å²) in [7, 11) is 2.72. The summed E-state index contributed by atoms with van der Waals surface area (Å²) >= 11 is 3.30. The highest BCUT2D eigenvalue weighted by Gasteiger charge is 2.36. The van der Waals surface area contributed by atoms with Gasteiger partial charge in [0.25, 0.3) is 5.91 Å². The molecule has 3 nitrogen and oxygen atoms in total. The molecule has 17 heavy (non-hydrogen) atoms. The first-order valence-electron chi connectivity index (χ1n) is 5.12. The maximum atomic E-state index is 14.2. The molecule has 0 radical (unpaired) electrons. The Morgan fingerprint density at radius 2 is 2.00 bits per heavy atom. The van der Waals surface area contributed by atoms with Gasteiger partial charge in [-0.2, -0.15) is 0 Å². The molecule has 1 atom stereocenters. The quantitative estimate of drug-likeness (QED) is 0.801. The molecule has 1 amide bonds. The van der Waals surface area contributed by atoms with E-state index in [9.17, 15) is 9.18 Å². The minimum Gasteiger partial charge on any atom is -0.274 e. The molecule has 0 aliphatic carbocycles. The summed E-state index contributed by atoms with van der Waals surface area (Å²) in [6.07, 6.45) is 0.0206. The molecule has 0 aliphatic rings. The molecule has 1 rings (SSSR count). The summed E-state index contributed by atoms with van der Waals surface area (Å²) in [5.74, 6) is -0.692. The van der Waals surface area contributed by atoms with E-state index in [1.807, 2.05) is 12.1 Å². The van der Waals surface area contributed by atoms with Crippen LogP contribution in [0.2, 0.25) is 0 Å². The van der Waals surface area contributed by atoms with Crippen molar-refractivity contribution in [3.05, 3.63) is 34.3 Å². The van der Waals surface area contributed by atoms with Crippen LogP contribution in [0.15, 0.2) is 28.7 Å². The average molecular weight is 304 g/mol. The number of hydrogen-bond donors (Lipinski definition) is 0. The van der Waals surface area contributed by atoms with Crippen LogP contribution in [0.3, 0.4) is 0 Å². The fraction of sp³-hybridized carbons (Fsp3) is 0.417. The second-order valence-electron chi connectivity index (χ2n) is 3.99. The number of benzene rings is 1.